The zero-order valence-corrected chi connectivity index (χ0v) is 9.60. The third kappa shape index (κ3) is 4.36. The van der Waals surface area contributed by atoms with Crippen LogP contribution in [0.15, 0.2) is 30.3 Å². The van der Waals surface area contributed by atoms with E-state index in [-0.39, 0.29) is 13.0 Å². The third-order valence-corrected chi connectivity index (χ3v) is 2.24. The fourth-order valence-electron chi connectivity index (χ4n) is 1.43. The minimum Gasteiger partial charge on any atom is -0.467 e. The lowest BCUT2D eigenvalue weighted by Crippen LogP contribution is -2.19. The Morgan fingerprint density at radius 3 is 3.00 bits per heavy atom. The molecule has 1 atom stereocenters. The zero-order chi connectivity index (χ0) is 12.7. The van der Waals surface area contributed by atoms with Gasteiger partial charge in [-0.05, 0) is 11.1 Å². The van der Waals surface area contributed by atoms with Crippen molar-refractivity contribution >= 4 is 12.0 Å². The molecule has 0 heterocycles. The van der Waals surface area contributed by atoms with Crippen LogP contribution >= 0.6 is 0 Å². The number of alkyl halides is 1. The van der Waals surface area contributed by atoms with Gasteiger partial charge in [-0.2, -0.15) is 0 Å². The van der Waals surface area contributed by atoms with Gasteiger partial charge < -0.3 is 9.84 Å². The standard InChI is InChI=1S/C13H15FO3/c1-17-13(16)12(14)9-11-5-2-4-10(8-11)6-3-7-15/h2-6,8,12,15H,7,9H2,1H3. The molecule has 0 aliphatic carbocycles. The Hall–Kier alpha value is -1.68. The summed E-state index contributed by atoms with van der Waals surface area (Å²) >= 11 is 0. The number of aliphatic hydroxyl groups is 1. The number of halogens is 1. The van der Waals surface area contributed by atoms with E-state index in [0.717, 1.165) is 12.7 Å². The number of hydrogen-bond donors (Lipinski definition) is 1. The number of rotatable bonds is 5. The van der Waals surface area contributed by atoms with E-state index in [0.29, 0.717) is 5.56 Å². The average molecular weight is 238 g/mol. The van der Waals surface area contributed by atoms with Crippen molar-refractivity contribution in [1.29, 1.82) is 0 Å². The van der Waals surface area contributed by atoms with Crippen LogP contribution in [0.5, 0.6) is 0 Å². The molecule has 1 aromatic rings. The molecule has 0 aromatic heterocycles. The van der Waals surface area contributed by atoms with Crippen LogP contribution in [0.4, 0.5) is 4.39 Å². The van der Waals surface area contributed by atoms with Gasteiger partial charge in [0.25, 0.3) is 0 Å². The number of carbonyl (C=O) groups excluding carboxylic acids is 1. The molecule has 0 aliphatic heterocycles. The molecule has 0 spiro atoms. The summed E-state index contributed by atoms with van der Waals surface area (Å²) in [6.45, 7) is -0.0435. The number of ether oxygens (including phenoxy) is 1. The van der Waals surface area contributed by atoms with Gasteiger partial charge in [-0.1, -0.05) is 36.4 Å². The molecule has 17 heavy (non-hydrogen) atoms. The number of esters is 1. The number of methoxy groups -OCH3 is 1. The van der Waals surface area contributed by atoms with E-state index in [1.165, 1.54) is 0 Å². The number of aliphatic hydroxyl groups excluding tert-OH is 1. The van der Waals surface area contributed by atoms with Crippen LogP contribution in [0.2, 0.25) is 0 Å². The van der Waals surface area contributed by atoms with Crippen molar-refractivity contribution in [3.63, 3.8) is 0 Å². The monoisotopic (exact) mass is 238 g/mol. The largest absolute Gasteiger partial charge is 0.467 e. The normalized spacial score (nSPS) is 12.6. The molecular formula is C13H15FO3. The molecule has 4 heteroatoms. The molecule has 1 aromatic carbocycles. The highest BCUT2D eigenvalue weighted by Gasteiger charge is 2.17. The average Bonchev–Trinajstić information content (AvgIpc) is 2.35. The minimum atomic E-state index is -1.64. The van der Waals surface area contributed by atoms with Crippen molar-refractivity contribution in [2.75, 3.05) is 13.7 Å². The number of carbonyl (C=O) groups is 1. The fourth-order valence-corrected chi connectivity index (χ4v) is 1.43. The van der Waals surface area contributed by atoms with Gasteiger partial charge in [0.15, 0.2) is 0 Å². The summed E-state index contributed by atoms with van der Waals surface area (Å²) in [5, 5.41) is 8.64. The van der Waals surface area contributed by atoms with Crippen LogP contribution < -0.4 is 0 Å². The molecular weight excluding hydrogens is 223 g/mol. The smallest absolute Gasteiger partial charge is 0.340 e. The zero-order valence-electron chi connectivity index (χ0n) is 9.60. The van der Waals surface area contributed by atoms with Gasteiger partial charge in [0.2, 0.25) is 6.17 Å². The summed E-state index contributed by atoms with van der Waals surface area (Å²) in [4.78, 5) is 10.9. The number of hydrogen-bond acceptors (Lipinski definition) is 3. The van der Waals surface area contributed by atoms with E-state index < -0.39 is 12.1 Å². The Labute approximate surface area is 99.5 Å². The van der Waals surface area contributed by atoms with E-state index >= 15 is 0 Å². The first-order valence-electron chi connectivity index (χ1n) is 5.25. The third-order valence-electron chi connectivity index (χ3n) is 2.24. The van der Waals surface area contributed by atoms with Gasteiger partial charge in [-0.3, -0.25) is 0 Å². The summed E-state index contributed by atoms with van der Waals surface area (Å²) in [5.74, 6) is -0.860. The van der Waals surface area contributed by atoms with Crippen LogP contribution in [0, 0.1) is 0 Å². The maximum Gasteiger partial charge on any atom is 0.340 e. The molecule has 3 nitrogen and oxygen atoms in total. The summed E-state index contributed by atoms with van der Waals surface area (Å²) in [5.41, 5.74) is 1.57. The summed E-state index contributed by atoms with van der Waals surface area (Å²) in [6.07, 6.45) is 1.67. The van der Waals surface area contributed by atoms with Crippen molar-refractivity contribution < 1.29 is 19.0 Å². The number of benzene rings is 1. The van der Waals surface area contributed by atoms with Gasteiger partial charge in [0.05, 0.1) is 13.7 Å². The SMILES string of the molecule is COC(=O)C(F)Cc1cccc(C=CCO)c1. The second kappa shape index (κ2) is 6.81. The van der Waals surface area contributed by atoms with Gasteiger partial charge in [-0.25, -0.2) is 9.18 Å². The van der Waals surface area contributed by atoms with Crippen molar-refractivity contribution in [2.24, 2.45) is 0 Å². The summed E-state index contributed by atoms with van der Waals surface area (Å²) < 4.78 is 17.7. The second-order valence-corrected chi connectivity index (χ2v) is 3.52. The molecule has 0 fully saturated rings. The molecule has 0 radical (unpaired) electrons. The van der Waals surface area contributed by atoms with Crippen LogP contribution in [-0.2, 0) is 16.0 Å². The van der Waals surface area contributed by atoms with E-state index in [4.69, 9.17) is 5.11 Å². The van der Waals surface area contributed by atoms with Crippen molar-refractivity contribution in [3.05, 3.63) is 41.5 Å². The van der Waals surface area contributed by atoms with Gasteiger partial charge in [-0.15, -0.1) is 0 Å². The van der Waals surface area contributed by atoms with E-state index in [1.807, 2.05) is 6.07 Å². The molecule has 0 saturated carbocycles. The highest BCUT2D eigenvalue weighted by Crippen LogP contribution is 2.11. The lowest BCUT2D eigenvalue weighted by atomic mass is 10.1. The van der Waals surface area contributed by atoms with E-state index in [2.05, 4.69) is 4.74 Å². The Balaban J connectivity index is 2.71. The summed E-state index contributed by atoms with van der Waals surface area (Å²) in [7, 11) is 1.16. The Bertz CT molecular complexity index is 401. The molecule has 0 aliphatic rings. The predicted molar refractivity (Wildman–Crippen MR) is 63.2 cm³/mol. The Morgan fingerprint density at radius 2 is 2.35 bits per heavy atom. The second-order valence-electron chi connectivity index (χ2n) is 3.52. The van der Waals surface area contributed by atoms with Gasteiger partial charge >= 0.3 is 5.97 Å². The first-order valence-corrected chi connectivity index (χ1v) is 5.25. The molecule has 0 bridgehead atoms. The molecule has 1 N–H and O–H groups in total. The maximum atomic E-state index is 13.3. The molecule has 0 saturated heterocycles. The molecule has 1 unspecified atom stereocenters. The molecule has 0 amide bonds. The minimum absolute atomic E-state index is 0.00647. The first-order chi connectivity index (χ1) is 8.17. The van der Waals surface area contributed by atoms with Crippen LogP contribution in [-0.4, -0.2) is 31.0 Å². The Kier molecular flexibility index (Phi) is 5.36. The van der Waals surface area contributed by atoms with Gasteiger partial charge in [0.1, 0.15) is 0 Å². The molecule has 92 valence electrons. The maximum absolute atomic E-state index is 13.3. The lowest BCUT2D eigenvalue weighted by molar-refractivity contribution is -0.146. The topological polar surface area (TPSA) is 46.5 Å². The van der Waals surface area contributed by atoms with Crippen LogP contribution in [0.3, 0.4) is 0 Å². The van der Waals surface area contributed by atoms with Crippen molar-refractivity contribution in [2.45, 2.75) is 12.6 Å². The fraction of sp³-hybridized carbons (Fsp3) is 0.308. The Morgan fingerprint density at radius 1 is 1.59 bits per heavy atom. The quantitative estimate of drug-likeness (QED) is 0.795. The highest BCUT2D eigenvalue weighted by molar-refractivity contribution is 5.74. The van der Waals surface area contributed by atoms with Crippen molar-refractivity contribution in [3.8, 4) is 0 Å². The first kappa shape index (κ1) is 13.4. The lowest BCUT2D eigenvalue weighted by Gasteiger charge is -2.06. The van der Waals surface area contributed by atoms with Crippen LogP contribution in [0.1, 0.15) is 11.1 Å². The highest BCUT2D eigenvalue weighted by atomic mass is 19.1. The van der Waals surface area contributed by atoms with Crippen molar-refractivity contribution in [1.82, 2.24) is 0 Å². The van der Waals surface area contributed by atoms with E-state index in [9.17, 15) is 9.18 Å². The summed E-state index contributed by atoms with van der Waals surface area (Å²) in [6, 6.07) is 7.12. The molecule has 1 rings (SSSR count). The van der Waals surface area contributed by atoms with Gasteiger partial charge in [0, 0.05) is 6.42 Å². The van der Waals surface area contributed by atoms with Crippen LogP contribution in [0.25, 0.3) is 6.08 Å². The van der Waals surface area contributed by atoms with E-state index in [1.54, 1.807) is 30.4 Å². The predicted octanol–water partition coefficient (Wildman–Crippen LogP) is 1.75.